The van der Waals surface area contributed by atoms with Crippen molar-refractivity contribution >= 4 is 11.8 Å². The van der Waals surface area contributed by atoms with Gasteiger partial charge in [0.25, 0.3) is 0 Å². The van der Waals surface area contributed by atoms with Gasteiger partial charge in [-0.2, -0.15) is 4.98 Å². The number of benzene rings is 2. The lowest BCUT2D eigenvalue weighted by Crippen LogP contribution is -1.97. The topological polar surface area (TPSA) is 35.0 Å². The Balaban J connectivity index is 1.75. The fourth-order valence-electron chi connectivity index (χ4n) is 2.47. The quantitative estimate of drug-likeness (QED) is 0.369. The van der Waals surface area contributed by atoms with Crippen molar-refractivity contribution in [2.45, 2.75) is 37.6 Å². The van der Waals surface area contributed by atoms with Gasteiger partial charge in [-0.1, -0.05) is 43.8 Å². The van der Waals surface area contributed by atoms with Gasteiger partial charge in [-0.3, -0.25) is 0 Å². The molecule has 0 amide bonds. The largest absolute Gasteiger partial charge is 0.439 e. The minimum absolute atomic E-state index is 0.303. The summed E-state index contributed by atoms with van der Waals surface area (Å²) in [5.41, 5.74) is 2.33. The minimum atomic E-state index is -0.590. The normalized spacial score (nSPS) is 11.0. The lowest BCUT2D eigenvalue weighted by atomic mass is 10.0. The van der Waals surface area contributed by atoms with Crippen molar-refractivity contribution < 1.29 is 13.5 Å². The maximum Gasteiger partial charge on any atom is 0.223 e. The molecule has 2 aromatic carbocycles. The summed E-state index contributed by atoms with van der Waals surface area (Å²) in [5, 5.41) is 0.480. The molecule has 140 valence electrons. The van der Waals surface area contributed by atoms with Crippen molar-refractivity contribution in [1.82, 2.24) is 9.97 Å². The Morgan fingerprint density at radius 3 is 2.59 bits per heavy atom. The second-order valence-corrected chi connectivity index (χ2v) is 7.43. The highest BCUT2D eigenvalue weighted by molar-refractivity contribution is 7.98. The summed E-state index contributed by atoms with van der Waals surface area (Å²) in [4.78, 5) is 8.76. The predicted octanol–water partition coefficient (Wildman–Crippen LogP) is 6.27. The molecule has 1 heterocycles. The molecule has 3 rings (SSSR count). The first kappa shape index (κ1) is 19.3. The molecule has 0 saturated carbocycles. The fraction of sp³-hybridized carbons (Fsp3) is 0.238. The molecule has 0 saturated heterocycles. The van der Waals surface area contributed by atoms with E-state index in [1.54, 1.807) is 6.07 Å². The summed E-state index contributed by atoms with van der Waals surface area (Å²) in [6.45, 7) is 6.09. The van der Waals surface area contributed by atoms with Gasteiger partial charge in [0.05, 0.1) is 0 Å². The smallest absolute Gasteiger partial charge is 0.223 e. The third-order valence-electron chi connectivity index (χ3n) is 3.93. The van der Waals surface area contributed by atoms with Crippen LogP contribution in [0.4, 0.5) is 8.78 Å². The molecule has 0 spiro atoms. The number of hydrogen-bond donors (Lipinski definition) is 0. The fourth-order valence-corrected chi connectivity index (χ4v) is 3.35. The van der Waals surface area contributed by atoms with Gasteiger partial charge in [0.2, 0.25) is 5.88 Å². The first-order valence-corrected chi connectivity index (χ1v) is 9.59. The molecule has 6 heteroatoms. The number of ether oxygens (including phenoxy) is 1. The molecule has 0 radical (unpaired) electrons. The molecule has 1 aromatic heterocycles. The summed E-state index contributed by atoms with van der Waals surface area (Å²) < 4.78 is 32.7. The molecule has 0 aliphatic carbocycles. The Morgan fingerprint density at radius 1 is 1.04 bits per heavy atom. The van der Waals surface area contributed by atoms with Gasteiger partial charge in [0.1, 0.15) is 17.4 Å². The molecule has 0 bridgehead atoms. The number of rotatable bonds is 6. The number of nitrogens with zero attached hydrogens (tertiary/aromatic N) is 2. The van der Waals surface area contributed by atoms with Gasteiger partial charge in [-0.05, 0) is 42.2 Å². The summed E-state index contributed by atoms with van der Waals surface area (Å²) in [5.74, 6) is 0.685. The van der Waals surface area contributed by atoms with Crippen molar-refractivity contribution in [2.24, 2.45) is 0 Å². The highest BCUT2D eigenvalue weighted by Crippen LogP contribution is 2.27. The zero-order chi connectivity index (χ0) is 19.4. The van der Waals surface area contributed by atoms with Gasteiger partial charge >= 0.3 is 0 Å². The Kier molecular flexibility index (Phi) is 6.06. The van der Waals surface area contributed by atoms with Crippen LogP contribution < -0.4 is 4.74 Å². The molecule has 3 aromatic rings. The Hall–Kier alpha value is -2.47. The van der Waals surface area contributed by atoms with E-state index in [9.17, 15) is 8.78 Å². The molecule has 0 aliphatic rings. The van der Waals surface area contributed by atoms with Crippen LogP contribution in [0, 0.1) is 18.6 Å². The van der Waals surface area contributed by atoms with E-state index < -0.39 is 11.6 Å². The van der Waals surface area contributed by atoms with E-state index in [4.69, 9.17) is 4.74 Å². The lowest BCUT2D eigenvalue weighted by Gasteiger charge is -2.10. The van der Waals surface area contributed by atoms with Crippen molar-refractivity contribution in [3.05, 3.63) is 77.0 Å². The van der Waals surface area contributed by atoms with Gasteiger partial charge < -0.3 is 4.74 Å². The van der Waals surface area contributed by atoms with E-state index >= 15 is 0 Å². The van der Waals surface area contributed by atoms with E-state index in [1.807, 2.05) is 25.1 Å². The number of hydrogen-bond acceptors (Lipinski definition) is 4. The molecule has 0 atom stereocenters. The van der Waals surface area contributed by atoms with E-state index in [2.05, 4.69) is 29.9 Å². The van der Waals surface area contributed by atoms with Crippen LogP contribution in [-0.2, 0) is 5.75 Å². The molecule has 0 unspecified atom stereocenters. The van der Waals surface area contributed by atoms with Crippen molar-refractivity contribution in [3.63, 3.8) is 0 Å². The van der Waals surface area contributed by atoms with Gasteiger partial charge in [0, 0.05) is 23.6 Å². The SMILES string of the molecule is Cc1cc(Oc2cccc(C(C)C)c2)nc(SCc2ccc(F)cc2F)n1. The van der Waals surface area contributed by atoms with Crippen molar-refractivity contribution in [1.29, 1.82) is 0 Å². The number of aryl methyl sites for hydroxylation is 1. The first-order valence-electron chi connectivity index (χ1n) is 8.61. The van der Waals surface area contributed by atoms with Crippen molar-refractivity contribution in [2.75, 3.05) is 0 Å². The monoisotopic (exact) mass is 386 g/mol. The Bertz CT molecular complexity index is 947. The Morgan fingerprint density at radius 2 is 1.85 bits per heavy atom. The highest BCUT2D eigenvalue weighted by Gasteiger charge is 2.09. The second kappa shape index (κ2) is 8.48. The highest BCUT2D eigenvalue weighted by atomic mass is 32.2. The molecular weight excluding hydrogens is 366 g/mol. The Labute approximate surface area is 161 Å². The van der Waals surface area contributed by atoms with E-state index in [-0.39, 0.29) is 0 Å². The van der Waals surface area contributed by atoms with E-state index in [1.165, 1.54) is 29.5 Å². The standard InChI is InChI=1S/C21H20F2N2OS/c1-13(2)15-5-4-6-18(10-15)26-20-9-14(3)24-21(25-20)27-12-16-7-8-17(22)11-19(16)23/h4-11,13H,12H2,1-3H3. The molecule has 0 aliphatic heterocycles. The number of halogens is 2. The maximum atomic E-state index is 13.8. The van der Waals surface area contributed by atoms with Crippen LogP contribution in [0.5, 0.6) is 11.6 Å². The average molecular weight is 386 g/mol. The van der Waals surface area contributed by atoms with E-state index in [0.717, 1.165) is 11.8 Å². The number of thioether (sulfide) groups is 1. The van der Waals surface area contributed by atoms with Crippen LogP contribution in [0.1, 0.15) is 36.6 Å². The third-order valence-corrected chi connectivity index (χ3v) is 4.83. The minimum Gasteiger partial charge on any atom is -0.439 e. The number of aromatic nitrogens is 2. The molecule has 27 heavy (non-hydrogen) atoms. The van der Waals surface area contributed by atoms with Crippen molar-refractivity contribution in [3.8, 4) is 11.6 Å². The van der Waals surface area contributed by atoms with Crippen LogP contribution >= 0.6 is 11.8 Å². The second-order valence-electron chi connectivity index (χ2n) is 6.48. The zero-order valence-electron chi connectivity index (χ0n) is 15.4. The lowest BCUT2D eigenvalue weighted by molar-refractivity contribution is 0.453. The van der Waals surface area contributed by atoms with Gasteiger partial charge in [0.15, 0.2) is 5.16 Å². The van der Waals surface area contributed by atoms with Crippen LogP contribution in [0.2, 0.25) is 0 Å². The van der Waals surface area contributed by atoms with Crippen LogP contribution in [0.15, 0.2) is 53.7 Å². The third kappa shape index (κ3) is 5.26. The van der Waals surface area contributed by atoms with Gasteiger partial charge in [-0.25, -0.2) is 13.8 Å². The summed E-state index contributed by atoms with van der Waals surface area (Å²) >= 11 is 1.28. The molecule has 3 nitrogen and oxygen atoms in total. The summed E-state index contributed by atoms with van der Waals surface area (Å²) in [6, 6.07) is 13.2. The summed E-state index contributed by atoms with van der Waals surface area (Å²) in [7, 11) is 0. The van der Waals surface area contributed by atoms with Gasteiger partial charge in [-0.15, -0.1) is 0 Å². The maximum absolute atomic E-state index is 13.8. The molecule has 0 fully saturated rings. The summed E-state index contributed by atoms with van der Waals surface area (Å²) in [6.07, 6.45) is 0. The molecular formula is C21H20F2N2OS. The van der Waals surface area contributed by atoms with Crippen LogP contribution in [-0.4, -0.2) is 9.97 Å². The zero-order valence-corrected chi connectivity index (χ0v) is 16.2. The first-order chi connectivity index (χ1) is 12.9. The van der Waals surface area contributed by atoms with Crippen LogP contribution in [0.25, 0.3) is 0 Å². The molecule has 0 N–H and O–H groups in total. The average Bonchev–Trinajstić information content (AvgIpc) is 2.61. The van der Waals surface area contributed by atoms with Crippen LogP contribution in [0.3, 0.4) is 0 Å². The van der Waals surface area contributed by atoms with E-state index in [0.29, 0.717) is 34.0 Å². The predicted molar refractivity (Wildman–Crippen MR) is 103 cm³/mol.